The van der Waals surface area contributed by atoms with E-state index in [2.05, 4.69) is 9.72 Å². The van der Waals surface area contributed by atoms with E-state index in [9.17, 15) is 4.79 Å². The van der Waals surface area contributed by atoms with Crippen LogP contribution in [0.4, 0.5) is 0 Å². The van der Waals surface area contributed by atoms with Gasteiger partial charge in [-0.2, -0.15) is 0 Å². The molecule has 0 N–H and O–H groups in total. The molecule has 0 spiro atoms. The van der Waals surface area contributed by atoms with Crippen LogP contribution in [0, 0.1) is 0 Å². The Hall–Kier alpha value is -1.10. The van der Waals surface area contributed by atoms with Gasteiger partial charge in [0.1, 0.15) is 9.88 Å². The molecule has 17 heavy (non-hydrogen) atoms. The van der Waals surface area contributed by atoms with Crippen molar-refractivity contribution in [2.75, 3.05) is 7.11 Å². The lowest BCUT2D eigenvalue weighted by molar-refractivity contribution is 0.0606. The fourth-order valence-electron chi connectivity index (χ4n) is 1.28. The maximum atomic E-state index is 11.3. The highest BCUT2D eigenvalue weighted by atomic mass is 35.5. The summed E-state index contributed by atoms with van der Waals surface area (Å²) in [5.41, 5.74) is 0.780. The van der Waals surface area contributed by atoms with Crippen LogP contribution in [0.5, 0.6) is 0 Å². The van der Waals surface area contributed by atoms with Crippen LogP contribution in [0.3, 0.4) is 0 Å². The largest absolute Gasteiger partial charge is 0.465 e. The highest BCUT2D eigenvalue weighted by Gasteiger charge is 2.12. The molecule has 0 radical (unpaired) electrons. The van der Waals surface area contributed by atoms with Gasteiger partial charge in [0, 0.05) is 15.6 Å². The average molecular weight is 288 g/mol. The van der Waals surface area contributed by atoms with E-state index < -0.39 is 5.97 Å². The molecule has 0 bridgehead atoms. The molecule has 0 fully saturated rings. The summed E-state index contributed by atoms with van der Waals surface area (Å²) in [4.78, 5) is 15.9. The van der Waals surface area contributed by atoms with Crippen molar-refractivity contribution in [2.45, 2.75) is 0 Å². The average Bonchev–Trinajstić information content (AvgIpc) is 2.76. The van der Waals surface area contributed by atoms with Crippen LogP contribution >= 0.6 is 34.5 Å². The quantitative estimate of drug-likeness (QED) is 0.787. The normalized spacial score (nSPS) is 10.3. The second-order valence-electron chi connectivity index (χ2n) is 3.18. The number of nitrogens with zero attached hydrogens (tertiary/aromatic N) is 1. The molecule has 0 aliphatic heterocycles. The van der Waals surface area contributed by atoms with Crippen LogP contribution in [0.25, 0.3) is 10.6 Å². The first kappa shape index (κ1) is 12.4. The molecule has 0 unspecified atom stereocenters. The smallest absolute Gasteiger partial charge is 0.349 e. The Labute approximate surface area is 112 Å². The summed E-state index contributed by atoms with van der Waals surface area (Å²) < 4.78 is 4.61. The summed E-state index contributed by atoms with van der Waals surface area (Å²) >= 11 is 13.0. The third-order valence-electron chi connectivity index (χ3n) is 2.00. The lowest BCUT2D eigenvalue weighted by atomic mass is 10.2. The van der Waals surface area contributed by atoms with Crippen molar-refractivity contribution in [3.8, 4) is 10.6 Å². The standard InChI is InChI=1S/C11H7Cl2NO2S/c1-16-11(15)9-5-14-10(17-9)6-2-7(12)4-8(13)3-6/h2-5H,1H3. The maximum Gasteiger partial charge on any atom is 0.349 e. The molecule has 88 valence electrons. The Balaban J connectivity index is 2.40. The fraction of sp³-hybridized carbons (Fsp3) is 0.0909. The molecule has 2 rings (SSSR count). The molecule has 6 heteroatoms. The van der Waals surface area contributed by atoms with Gasteiger partial charge in [-0.1, -0.05) is 23.2 Å². The minimum atomic E-state index is -0.401. The Morgan fingerprint density at radius 1 is 1.29 bits per heavy atom. The SMILES string of the molecule is COC(=O)c1cnc(-c2cc(Cl)cc(Cl)c2)s1. The molecule has 0 aliphatic rings. The van der Waals surface area contributed by atoms with Crippen LogP contribution < -0.4 is 0 Å². The number of thiazole rings is 1. The van der Waals surface area contributed by atoms with Crippen LogP contribution in [-0.4, -0.2) is 18.1 Å². The van der Waals surface area contributed by atoms with Gasteiger partial charge < -0.3 is 4.74 Å². The predicted octanol–water partition coefficient (Wildman–Crippen LogP) is 3.90. The molecule has 0 amide bonds. The van der Waals surface area contributed by atoms with Gasteiger partial charge in [0.2, 0.25) is 0 Å². The molecule has 1 aromatic carbocycles. The van der Waals surface area contributed by atoms with Gasteiger partial charge in [-0.15, -0.1) is 11.3 Å². The Bertz CT molecular complexity index is 548. The molecule has 0 aliphatic carbocycles. The van der Waals surface area contributed by atoms with Crippen molar-refractivity contribution in [1.82, 2.24) is 4.98 Å². The van der Waals surface area contributed by atoms with Gasteiger partial charge in [0.05, 0.1) is 13.3 Å². The number of methoxy groups -OCH3 is 1. The molecule has 1 heterocycles. The van der Waals surface area contributed by atoms with Crippen LogP contribution in [0.2, 0.25) is 10.0 Å². The lowest BCUT2D eigenvalue weighted by Gasteiger charge is -1.98. The van der Waals surface area contributed by atoms with E-state index in [4.69, 9.17) is 23.2 Å². The first-order valence-corrected chi connectivity index (χ1v) is 6.18. The van der Waals surface area contributed by atoms with Crippen molar-refractivity contribution in [2.24, 2.45) is 0 Å². The fourth-order valence-corrected chi connectivity index (χ4v) is 2.63. The van der Waals surface area contributed by atoms with Crippen LogP contribution in [0.15, 0.2) is 24.4 Å². The van der Waals surface area contributed by atoms with Crippen molar-refractivity contribution in [3.05, 3.63) is 39.3 Å². The molecule has 3 nitrogen and oxygen atoms in total. The zero-order valence-corrected chi connectivity index (χ0v) is 11.1. The van der Waals surface area contributed by atoms with E-state index in [1.807, 2.05) is 0 Å². The third-order valence-corrected chi connectivity index (χ3v) is 3.46. The van der Waals surface area contributed by atoms with E-state index in [0.717, 1.165) is 5.56 Å². The van der Waals surface area contributed by atoms with E-state index in [-0.39, 0.29) is 0 Å². The van der Waals surface area contributed by atoms with Gasteiger partial charge in [-0.05, 0) is 18.2 Å². The summed E-state index contributed by atoms with van der Waals surface area (Å²) in [6.07, 6.45) is 1.47. The monoisotopic (exact) mass is 287 g/mol. The summed E-state index contributed by atoms with van der Waals surface area (Å²) in [5, 5.41) is 1.74. The maximum absolute atomic E-state index is 11.3. The topological polar surface area (TPSA) is 39.2 Å². The van der Waals surface area contributed by atoms with Gasteiger partial charge >= 0.3 is 5.97 Å². The van der Waals surface area contributed by atoms with Crippen molar-refractivity contribution in [3.63, 3.8) is 0 Å². The highest BCUT2D eigenvalue weighted by Crippen LogP contribution is 2.30. The van der Waals surface area contributed by atoms with Crippen molar-refractivity contribution < 1.29 is 9.53 Å². The number of ether oxygens (including phenoxy) is 1. The Kier molecular flexibility index (Phi) is 3.66. The van der Waals surface area contributed by atoms with Crippen LogP contribution in [-0.2, 0) is 4.74 Å². The number of carbonyl (C=O) groups excluding carboxylic acids is 1. The van der Waals surface area contributed by atoms with Crippen molar-refractivity contribution >= 4 is 40.5 Å². The second-order valence-corrected chi connectivity index (χ2v) is 5.08. The van der Waals surface area contributed by atoms with E-state index >= 15 is 0 Å². The molecule has 0 saturated carbocycles. The van der Waals surface area contributed by atoms with E-state index in [0.29, 0.717) is 19.9 Å². The zero-order valence-electron chi connectivity index (χ0n) is 8.74. The second kappa shape index (κ2) is 5.04. The molecule has 0 atom stereocenters. The molecule has 0 saturated heterocycles. The number of hydrogen-bond acceptors (Lipinski definition) is 4. The first-order chi connectivity index (χ1) is 8.10. The number of benzene rings is 1. The lowest BCUT2D eigenvalue weighted by Crippen LogP contribution is -1.96. The summed E-state index contributed by atoms with van der Waals surface area (Å²) in [5.74, 6) is -0.401. The molecular weight excluding hydrogens is 281 g/mol. The minimum absolute atomic E-state index is 0.401. The number of halogens is 2. The number of esters is 1. The number of hydrogen-bond donors (Lipinski definition) is 0. The third kappa shape index (κ3) is 2.77. The first-order valence-electron chi connectivity index (χ1n) is 4.61. The Morgan fingerprint density at radius 3 is 2.53 bits per heavy atom. The molecular formula is C11H7Cl2NO2S. The van der Waals surface area contributed by atoms with E-state index in [1.54, 1.807) is 18.2 Å². The van der Waals surface area contributed by atoms with Gasteiger partial charge in [-0.3, -0.25) is 0 Å². The molecule has 2 aromatic rings. The summed E-state index contributed by atoms with van der Waals surface area (Å²) in [6.45, 7) is 0. The van der Waals surface area contributed by atoms with Crippen LogP contribution in [0.1, 0.15) is 9.67 Å². The molecule has 1 aromatic heterocycles. The highest BCUT2D eigenvalue weighted by molar-refractivity contribution is 7.16. The predicted molar refractivity (Wildman–Crippen MR) is 68.9 cm³/mol. The van der Waals surface area contributed by atoms with Gasteiger partial charge in [-0.25, -0.2) is 9.78 Å². The number of rotatable bonds is 2. The van der Waals surface area contributed by atoms with Crippen molar-refractivity contribution in [1.29, 1.82) is 0 Å². The van der Waals surface area contributed by atoms with E-state index in [1.165, 1.54) is 24.6 Å². The minimum Gasteiger partial charge on any atom is -0.465 e. The summed E-state index contributed by atoms with van der Waals surface area (Å²) in [6, 6.07) is 5.13. The zero-order chi connectivity index (χ0) is 12.4. The summed E-state index contributed by atoms with van der Waals surface area (Å²) in [7, 11) is 1.33. The number of carbonyl (C=O) groups is 1. The van der Waals surface area contributed by atoms with Gasteiger partial charge in [0.15, 0.2) is 0 Å². The van der Waals surface area contributed by atoms with Gasteiger partial charge in [0.25, 0.3) is 0 Å². The number of aromatic nitrogens is 1. The Morgan fingerprint density at radius 2 is 1.94 bits per heavy atom.